The Bertz CT molecular complexity index is 1010. The van der Waals surface area contributed by atoms with E-state index >= 15 is 0 Å². The zero-order chi connectivity index (χ0) is 28.4. The average Bonchev–Trinajstić information content (AvgIpc) is 2.95. The minimum absolute atomic E-state index is 0.151. The Balaban J connectivity index is 1.65. The normalized spacial score (nSPS) is 22.3. The number of hydrogen-bond donors (Lipinski definition) is 1. The molecule has 1 fully saturated rings. The molecule has 1 aromatic carbocycles. The number of carbonyl (C=O) groups is 1. The van der Waals surface area contributed by atoms with Crippen LogP contribution in [0.3, 0.4) is 0 Å². The summed E-state index contributed by atoms with van der Waals surface area (Å²) in [6.45, 7) is 15.2. The van der Waals surface area contributed by atoms with Crippen LogP contribution < -0.4 is 0 Å². The van der Waals surface area contributed by atoms with E-state index in [1.165, 1.54) is 72.8 Å². The maximum atomic E-state index is 11.7. The van der Waals surface area contributed by atoms with E-state index in [2.05, 4.69) is 64.6 Å². The van der Waals surface area contributed by atoms with Gasteiger partial charge in [0, 0.05) is 18.1 Å². The van der Waals surface area contributed by atoms with Crippen LogP contribution in [0.2, 0.25) is 0 Å². The second-order valence-electron chi connectivity index (χ2n) is 12.5. The third-order valence-corrected chi connectivity index (χ3v) is 9.27. The number of esters is 1. The van der Waals surface area contributed by atoms with Crippen molar-refractivity contribution in [2.45, 2.75) is 111 Å². The number of ether oxygens (including phenoxy) is 1. The van der Waals surface area contributed by atoms with Crippen LogP contribution in [0.5, 0.6) is 0 Å². The fourth-order valence-corrected chi connectivity index (χ4v) is 6.70. The Morgan fingerprint density at radius 2 is 1.87 bits per heavy atom. The molecule has 1 N–H and O–H groups in total. The van der Waals surface area contributed by atoms with Gasteiger partial charge in [-0.1, -0.05) is 83.0 Å². The largest absolute Gasteiger partial charge is 0.462 e. The predicted octanol–water partition coefficient (Wildman–Crippen LogP) is 9.21. The highest BCUT2D eigenvalue weighted by atomic mass is 16.5. The molecule has 2 aliphatic rings. The van der Waals surface area contributed by atoms with E-state index in [9.17, 15) is 9.90 Å². The monoisotopic (exact) mass is 534 g/mol. The second kappa shape index (κ2) is 15.6. The second-order valence-corrected chi connectivity index (χ2v) is 12.5. The molecule has 39 heavy (non-hydrogen) atoms. The van der Waals surface area contributed by atoms with Crippen LogP contribution in [0.1, 0.15) is 121 Å². The van der Waals surface area contributed by atoms with Crippen LogP contribution >= 0.6 is 0 Å². The van der Waals surface area contributed by atoms with Crippen LogP contribution in [-0.2, 0) is 16.0 Å². The number of benzene rings is 1. The summed E-state index contributed by atoms with van der Waals surface area (Å²) in [4.78, 5) is 11.7. The van der Waals surface area contributed by atoms with Crippen molar-refractivity contribution < 1.29 is 14.6 Å². The van der Waals surface area contributed by atoms with E-state index in [0.29, 0.717) is 18.1 Å². The zero-order valence-electron chi connectivity index (χ0n) is 25.4. The van der Waals surface area contributed by atoms with E-state index < -0.39 is 0 Å². The van der Waals surface area contributed by atoms with Crippen molar-refractivity contribution in [1.82, 2.24) is 0 Å². The molecule has 0 amide bonds. The third-order valence-electron chi connectivity index (χ3n) is 9.27. The van der Waals surface area contributed by atoms with Crippen LogP contribution in [-0.4, -0.2) is 24.3 Å². The van der Waals surface area contributed by atoms with Gasteiger partial charge in [0.15, 0.2) is 0 Å². The van der Waals surface area contributed by atoms with Gasteiger partial charge in [-0.2, -0.15) is 0 Å². The van der Waals surface area contributed by atoms with Gasteiger partial charge >= 0.3 is 5.97 Å². The molecule has 3 heteroatoms. The van der Waals surface area contributed by atoms with Gasteiger partial charge in [-0.25, -0.2) is 4.79 Å². The lowest BCUT2D eigenvalue weighted by Crippen LogP contribution is -2.21. The topological polar surface area (TPSA) is 46.5 Å². The van der Waals surface area contributed by atoms with Crippen molar-refractivity contribution in [1.29, 1.82) is 0 Å². The SMILES string of the molecule is C=C(C)C(=O)OCCCC1=CC(c2ccc(C3CCC(C(CC)CCC(C)C)CC3)cc2CC)=CCC1CO. The molecule has 0 spiro atoms. The molecule has 2 aliphatic carbocycles. The molecule has 0 bridgehead atoms. The maximum absolute atomic E-state index is 11.7. The molecular formula is C36H54O3. The maximum Gasteiger partial charge on any atom is 0.333 e. The van der Waals surface area contributed by atoms with E-state index in [0.717, 1.165) is 43.4 Å². The lowest BCUT2D eigenvalue weighted by atomic mass is 9.71. The van der Waals surface area contributed by atoms with Crippen molar-refractivity contribution in [3.8, 4) is 0 Å². The number of aliphatic hydroxyl groups excluding tert-OH is 1. The standard InChI is InChI=1S/C36H54O3/c1-7-27(12-11-25(3)4)29-13-15-30(16-14-29)32-19-20-35(28(8-2)22-32)33-17-18-34(24-37)31(23-33)10-9-21-39-36(38)26(5)6/h17,19-20,22-23,25,27,29-30,34,37H,5,7-16,18,21,24H2,1-4,6H3. The highest BCUT2D eigenvalue weighted by Crippen LogP contribution is 2.42. The van der Waals surface area contributed by atoms with Crippen molar-refractivity contribution >= 4 is 11.5 Å². The number of carbonyl (C=O) groups excluding carboxylic acids is 1. The fourth-order valence-electron chi connectivity index (χ4n) is 6.70. The lowest BCUT2D eigenvalue weighted by molar-refractivity contribution is -0.139. The van der Waals surface area contributed by atoms with Crippen LogP contribution in [0.15, 0.2) is 48.1 Å². The molecule has 3 nitrogen and oxygen atoms in total. The first-order chi connectivity index (χ1) is 18.8. The zero-order valence-corrected chi connectivity index (χ0v) is 25.4. The van der Waals surface area contributed by atoms with Crippen molar-refractivity contribution in [2.24, 2.45) is 23.7 Å². The summed E-state index contributed by atoms with van der Waals surface area (Å²) in [5.74, 6) is 3.14. The molecule has 0 heterocycles. The Morgan fingerprint density at radius 1 is 1.13 bits per heavy atom. The van der Waals surface area contributed by atoms with Gasteiger partial charge in [0.25, 0.3) is 0 Å². The van der Waals surface area contributed by atoms with E-state index in [-0.39, 0.29) is 18.5 Å². The molecular weight excluding hydrogens is 480 g/mol. The first kappa shape index (κ1) is 31.4. The summed E-state index contributed by atoms with van der Waals surface area (Å²) in [5, 5.41) is 9.97. The van der Waals surface area contributed by atoms with E-state index in [4.69, 9.17) is 4.74 Å². The molecule has 2 atom stereocenters. The minimum Gasteiger partial charge on any atom is -0.462 e. The van der Waals surface area contributed by atoms with Crippen LogP contribution in [0, 0.1) is 23.7 Å². The Kier molecular flexibility index (Phi) is 12.6. The molecule has 0 saturated heterocycles. The molecule has 216 valence electrons. The van der Waals surface area contributed by atoms with Gasteiger partial charge in [-0.3, -0.25) is 0 Å². The van der Waals surface area contributed by atoms with Crippen LogP contribution in [0.25, 0.3) is 5.57 Å². The Hall–Kier alpha value is -2.13. The predicted molar refractivity (Wildman–Crippen MR) is 165 cm³/mol. The van der Waals surface area contributed by atoms with Crippen molar-refractivity contribution in [3.05, 3.63) is 64.8 Å². The number of rotatable bonds is 14. The average molecular weight is 535 g/mol. The smallest absolute Gasteiger partial charge is 0.333 e. The van der Waals surface area contributed by atoms with E-state index in [1.807, 2.05) is 0 Å². The first-order valence-corrected chi connectivity index (χ1v) is 15.7. The summed E-state index contributed by atoms with van der Waals surface area (Å²) in [6, 6.07) is 7.23. The molecule has 2 unspecified atom stereocenters. The quantitative estimate of drug-likeness (QED) is 0.147. The fraction of sp³-hybridized carbons (Fsp3) is 0.639. The number of hydrogen-bond acceptors (Lipinski definition) is 3. The summed E-state index contributed by atoms with van der Waals surface area (Å²) < 4.78 is 5.29. The van der Waals surface area contributed by atoms with Gasteiger partial charge < -0.3 is 9.84 Å². The van der Waals surface area contributed by atoms with Gasteiger partial charge in [0.05, 0.1) is 6.61 Å². The molecule has 1 aromatic rings. The lowest BCUT2D eigenvalue weighted by Gasteiger charge is -2.34. The molecule has 0 aromatic heterocycles. The summed E-state index contributed by atoms with van der Waals surface area (Å²) >= 11 is 0. The summed E-state index contributed by atoms with van der Waals surface area (Å²) in [6.07, 6.45) is 17.6. The van der Waals surface area contributed by atoms with Gasteiger partial charge in [0.1, 0.15) is 0 Å². The molecule has 0 aliphatic heterocycles. The summed E-state index contributed by atoms with van der Waals surface area (Å²) in [5.41, 5.74) is 7.25. The van der Waals surface area contributed by atoms with E-state index in [1.54, 1.807) is 6.92 Å². The van der Waals surface area contributed by atoms with Gasteiger partial charge in [-0.05, 0) is 111 Å². The number of aliphatic hydroxyl groups is 1. The van der Waals surface area contributed by atoms with Crippen LogP contribution in [0.4, 0.5) is 0 Å². The first-order valence-electron chi connectivity index (χ1n) is 15.7. The highest BCUT2D eigenvalue weighted by molar-refractivity contribution is 5.86. The summed E-state index contributed by atoms with van der Waals surface area (Å²) in [7, 11) is 0. The molecule has 3 rings (SSSR count). The minimum atomic E-state index is -0.329. The van der Waals surface area contributed by atoms with Gasteiger partial charge in [-0.15, -0.1) is 0 Å². The molecule has 0 radical (unpaired) electrons. The van der Waals surface area contributed by atoms with Crippen molar-refractivity contribution in [2.75, 3.05) is 13.2 Å². The molecule has 1 saturated carbocycles. The third kappa shape index (κ3) is 8.93. The van der Waals surface area contributed by atoms with Crippen molar-refractivity contribution in [3.63, 3.8) is 0 Å². The number of aryl methyl sites for hydroxylation is 1. The highest BCUT2D eigenvalue weighted by Gasteiger charge is 2.28. The Morgan fingerprint density at radius 3 is 2.49 bits per heavy atom. The Labute approximate surface area is 238 Å². The van der Waals surface area contributed by atoms with Gasteiger partial charge in [0.2, 0.25) is 0 Å². The number of allylic oxidation sites excluding steroid dienone is 3.